The van der Waals surface area contributed by atoms with Crippen LogP contribution in [0.1, 0.15) is 13.8 Å². The number of aliphatic hydroxyl groups is 5. The van der Waals surface area contributed by atoms with Gasteiger partial charge in [-0.25, -0.2) is 4.79 Å². The summed E-state index contributed by atoms with van der Waals surface area (Å²) < 4.78 is 21.5. The third-order valence-corrected chi connectivity index (χ3v) is 5.18. The van der Waals surface area contributed by atoms with E-state index in [1.807, 2.05) is 0 Å². The summed E-state index contributed by atoms with van der Waals surface area (Å²) in [4.78, 5) is 11.5. The van der Waals surface area contributed by atoms with Crippen molar-refractivity contribution >= 4 is 11.0 Å². The molecule has 6 atom stereocenters. The second kappa shape index (κ2) is 9.09. The molecule has 1 saturated heterocycles. The van der Waals surface area contributed by atoms with Gasteiger partial charge < -0.3 is 49.3 Å². The summed E-state index contributed by atoms with van der Waals surface area (Å²) >= 11 is 0. The summed E-state index contributed by atoms with van der Waals surface area (Å²) in [6.45, 7) is 1.90. The van der Waals surface area contributed by atoms with Crippen LogP contribution < -0.4 is 10.4 Å². The van der Waals surface area contributed by atoms with Crippen molar-refractivity contribution < 1.29 is 49.3 Å². The summed E-state index contributed by atoms with van der Waals surface area (Å²) in [5, 5.41) is 60.3. The van der Waals surface area contributed by atoms with Crippen molar-refractivity contribution in [2.75, 3.05) is 13.2 Å². The van der Waals surface area contributed by atoms with E-state index in [0.29, 0.717) is 5.39 Å². The molecule has 0 amide bonds. The maximum atomic E-state index is 11.5. The Hall–Kier alpha value is -2.25. The van der Waals surface area contributed by atoms with Crippen LogP contribution in [0, 0.1) is 0 Å². The molecule has 1 fully saturated rings. The van der Waals surface area contributed by atoms with Gasteiger partial charge in [-0.3, -0.25) is 0 Å². The van der Waals surface area contributed by atoms with Crippen LogP contribution in [0.4, 0.5) is 0 Å². The van der Waals surface area contributed by atoms with Gasteiger partial charge in [0.2, 0.25) is 5.75 Å². The zero-order valence-electron chi connectivity index (χ0n) is 16.9. The van der Waals surface area contributed by atoms with Gasteiger partial charge >= 0.3 is 5.63 Å². The highest BCUT2D eigenvalue weighted by Gasteiger charge is 2.47. The van der Waals surface area contributed by atoms with Crippen LogP contribution in [-0.4, -0.2) is 86.3 Å². The lowest BCUT2D eigenvalue weighted by Crippen LogP contribution is -2.61. The summed E-state index contributed by atoms with van der Waals surface area (Å²) in [6, 6.07) is 5.59. The number of rotatable bonds is 7. The van der Waals surface area contributed by atoms with Gasteiger partial charge in [0.05, 0.1) is 12.2 Å². The molecule has 0 radical (unpaired) electrons. The molecule has 0 aliphatic carbocycles. The van der Waals surface area contributed by atoms with Gasteiger partial charge in [-0.15, -0.1) is 0 Å². The first-order valence-corrected chi connectivity index (χ1v) is 9.60. The molecule has 0 saturated carbocycles. The Kier molecular flexibility index (Phi) is 6.86. The van der Waals surface area contributed by atoms with Gasteiger partial charge in [-0.1, -0.05) is 0 Å². The second-order valence-electron chi connectivity index (χ2n) is 7.83. The van der Waals surface area contributed by atoms with Crippen molar-refractivity contribution in [1.82, 2.24) is 0 Å². The van der Waals surface area contributed by atoms with E-state index in [-0.39, 0.29) is 17.1 Å². The number of phenols is 1. The zero-order valence-corrected chi connectivity index (χ0v) is 16.9. The van der Waals surface area contributed by atoms with Crippen molar-refractivity contribution in [3.63, 3.8) is 0 Å². The molecule has 2 heterocycles. The van der Waals surface area contributed by atoms with E-state index in [2.05, 4.69) is 0 Å². The van der Waals surface area contributed by atoms with Crippen LogP contribution in [0.25, 0.3) is 11.0 Å². The predicted octanol–water partition coefficient (Wildman–Crippen LogP) is -1.17. The average Bonchev–Trinajstić information content (AvgIpc) is 2.73. The summed E-state index contributed by atoms with van der Waals surface area (Å²) in [5.74, 6) is -0.445. The highest BCUT2D eigenvalue weighted by atomic mass is 16.7. The molecular formula is C20H26O11. The van der Waals surface area contributed by atoms with E-state index < -0.39 is 61.3 Å². The molecule has 11 nitrogen and oxygen atoms in total. The fraction of sp³-hybridized carbons (Fsp3) is 0.550. The molecular weight excluding hydrogens is 416 g/mol. The lowest BCUT2D eigenvalue weighted by Gasteiger charge is -2.43. The molecule has 172 valence electrons. The van der Waals surface area contributed by atoms with Crippen molar-refractivity contribution in [3.8, 4) is 11.5 Å². The molecule has 0 bridgehead atoms. The first-order chi connectivity index (χ1) is 14.5. The fourth-order valence-electron chi connectivity index (χ4n) is 3.14. The van der Waals surface area contributed by atoms with Crippen molar-refractivity contribution in [3.05, 3.63) is 34.7 Å². The number of fused-ring (bicyclic) bond motifs is 1. The van der Waals surface area contributed by atoms with Gasteiger partial charge in [-0.2, -0.15) is 0 Å². The van der Waals surface area contributed by atoms with Gasteiger partial charge in [0.1, 0.15) is 37.1 Å². The average molecular weight is 442 g/mol. The fourth-order valence-corrected chi connectivity index (χ4v) is 3.14. The lowest BCUT2D eigenvalue weighted by molar-refractivity contribution is -0.332. The van der Waals surface area contributed by atoms with Crippen LogP contribution in [0.3, 0.4) is 0 Å². The quantitative estimate of drug-likeness (QED) is 0.285. The monoisotopic (exact) mass is 442 g/mol. The van der Waals surface area contributed by atoms with Gasteiger partial charge in [0.25, 0.3) is 0 Å². The van der Waals surface area contributed by atoms with Crippen LogP contribution >= 0.6 is 0 Å². The molecule has 1 aromatic heterocycles. The van der Waals surface area contributed by atoms with Gasteiger partial charge in [0.15, 0.2) is 17.6 Å². The number of aromatic hydroxyl groups is 1. The Morgan fingerprint density at radius 3 is 2.45 bits per heavy atom. The minimum Gasteiger partial charge on any atom is -0.504 e. The van der Waals surface area contributed by atoms with Gasteiger partial charge in [0, 0.05) is 11.5 Å². The maximum Gasteiger partial charge on any atom is 0.336 e. The van der Waals surface area contributed by atoms with E-state index in [4.69, 9.17) is 18.6 Å². The molecule has 2 aromatic rings. The molecule has 3 rings (SSSR count). The van der Waals surface area contributed by atoms with Crippen LogP contribution in [-0.2, 0) is 9.47 Å². The number of aliphatic hydroxyl groups excluding tert-OH is 5. The Morgan fingerprint density at radius 1 is 1.10 bits per heavy atom. The summed E-state index contributed by atoms with van der Waals surface area (Å²) in [7, 11) is 0. The Morgan fingerprint density at radius 2 is 1.77 bits per heavy atom. The predicted molar refractivity (Wildman–Crippen MR) is 105 cm³/mol. The molecule has 1 aliphatic rings. The van der Waals surface area contributed by atoms with E-state index in [1.54, 1.807) is 0 Å². The molecule has 0 spiro atoms. The van der Waals surface area contributed by atoms with Crippen LogP contribution in [0.5, 0.6) is 11.5 Å². The standard InChI is InChI=1S/C20H26O11/c1-20(2,31-19-16(27)15(26)14(25)11(7-21)29-19)12(23)8-28-18-10(22)5-3-9-4-6-13(24)30-17(9)18/h3-6,11-12,14-16,19,21-23,25-27H,7-8H2,1-2H3/t11-,12+,14-,15+,16-,19+/m1/s1. The number of phenolic OH excluding ortho intramolecular Hbond substituents is 1. The maximum absolute atomic E-state index is 11.5. The van der Waals surface area contributed by atoms with Crippen LogP contribution in [0.2, 0.25) is 0 Å². The summed E-state index contributed by atoms with van der Waals surface area (Å²) in [5.41, 5.74) is -2.04. The Balaban J connectivity index is 1.72. The SMILES string of the molecule is CC(C)(O[C@@H]1O[C@H](CO)[C@@H](O)[C@H](O)[C@H]1O)[C@@H](O)COc1c(O)ccc2ccc(=O)oc12. The second-order valence-corrected chi connectivity index (χ2v) is 7.83. The first kappa shape index (κ1) is 23.4. The van der Waals surface area contributed by atoms with Crippen LogP contribution in [0.15, 0.2) is 33.5 Å². The minimum atomic E-state index is -1.64. The molecule has 1 aliphatic heterocycles. The number of ether oxygens (including phenoxy) is 3. The number of hydrogen-bond acceptors (Lipinski definition) is 11. The first-order valence-electron chi connectivity index (χ1n) is 9.60. The molecule has 1 aromatic carbocycles. The molecule has 0 unspecified atom stereocenters. The number of hydrogen-bond donors (Lipinski definition) is 6. The van der Waals surface area contributed by atoms with E-state index >= 15 is 0 Å². The zero-order chi connectivity index (χ0) is 22.9. The smallest absolute Gasteiger partial charge is 0.336 e. The third-order valence-electron chi connectivity index (χ3n) is 5.18. The Bertz CT molecular complexity index is 954. The molecule has 6 N–H and O–H groups in total. The topological polar surface area (TPSA) is 179 Å². The van der Waals surface area contributed by atoms with E-state index in [0.717, 1.165) is 0 Å². The van der Waals surface area contributed by atoms with Crippen molar-refractivity contribution in [2.45, 2.75) is 56.3 Å². The minimum absolute atomic E-state index is 0.00681. The lowest BCUT2D eigenvalue weighted by atomic mass is 9.98. The van der Waals surface area contributed by atoms with Gasteiger partial charge in [-0.05, 0) is 32.0 Å². The van der Waals surface area contributed by atoms with E-state index in [9.17, 15) is 35.4 Å². The molecule has 11 heteroatoms. The summed E-state index contributed by atoms with van der Waals surface area (Å²) in [6.07, 6.45) is -8.77. The normalized spacial score (nSPS) is 27.9. The largest absolute Gasteiger partial charge is 0.504 e. The van der Waals surface area contributed by atoms with Crippen molar-refractivity contribution in [2.24, 2.45) is 0 Å². The van der Waals surface area contributed by atoms with Crippen molar-refractivity contribution in [1.29, 1.82) is 0 Å². The number of benzene rings is 1. The van der Waals surface area contributed by atoms with E-state index in [1.165, 1.54) is 38.1 Å². The third kappa shape index (κ3) is 4.83. The molecule has 31 heavy (non-hydrogen) atoms. The Labute approximate surface area is 176 Å². The highest BCUT2D eigenvalue weighted by Crippen LogP contribution is 2.35. The highest BCUT2D eigenvalue weighted by molar-refractivity contribution is 5.84.